The number of aromatic nitrogens is 3. The highest BCUT2D eigenvalue weighted by Gasteiger charge is 2.11. The van der Waals surface area contributed by atoms with Crippen LogP contribution in [0.15, 0.2) is 29.1 Å². The van der Waals surface area contributed by atoms with Crippen molar-refractivity contribution in [1.29, 1.82) is 0 Å². The Labute approximate surface area is 117 Å². The molecule has 0 aromatic carbocycles. The standard InChI is InChI=1S/C11H8BrClN4O/c1-6-3-15-9(5-14-6)11(18)17-8-2-7(12)4-16-10(8)13/h2-5H,1H3,(H,17,18). The molecule has 0 aliphatic rings. The molecule has 0 radical (unpaired) electrons. The summed E-state index contributed by atoms with van der Waals surface area (Å²) >= 11 is 9.12. The van der Waals surface area contributed by atoms with Crippen molar-refractivity contribution in [3.8, 4) is 0 Å². The number of nitrogens with zero attached hydrogens (tertiary/aromatic N) is 3. The van der Waals surface area contributed by atoms with Crippen LogP contribution in [-0.4, -0.2) is 20.9 Å². The largest absolute Gasteiger partial charge is 0.318 e. The first-order valence-electron chi connectivity index (χ1n) is 4.97. The number of hydrogen-bond acceptors (Lipinski definition) is 4. The Morgan fingerprint density at radius 3 is 2.72 bits per heavy atom. The number of rotatable bonds is 2. The topological polar surface area (TPSA) is 67.8 Å². The molecule has 2 rings (SSSR count). The van der Waals surface area contributed by atoms with Crippen molar-refractivity contribution in [3.63, 3.8) is 0 Å². The van der Waals surface area contributed by atoms with E-state index < -0.39 is 0 Å². The third-order valence-electron chi connectivity index (χ3n) is 2.07. The number of carbonyl (C=O) groups excluding carboxylic acids is 1. The van der Waals surface area contributed by atoms with Gasteiger partial charge in [0.1, 0.15) is 5.69 Å². The number of hydrogen-bond donors (Lipinski definition) is 1. The van der Waals surface area contributed by atoms with Gasteiger partial charge in [-0.25, -0.2) is 9.97 Å². The maximum Gasteiger partial charge on any atom is 0.275 e. The molecule has 2 heterocycles. The molecular weight excluding hydrogens is 320 g/mol. The molecule has 0 aliphatic heterocycles. The molecule has 0 saturated heterocycles. The van der Waals surface area contributed by atoms with Gasteiger partial charge in [0.25, 0.3) is 5.91 Å². The zero-order valence-electron chi connectivity index (χ0n) is 9.32. The predicted octanol–water partition coefficient (Wildman–Crippen LogP) is 2.85. The molecule has 0 fully saturated rings. The summed E-state index contributed by atoms with van der Waals surface area (Å²) in [6, 6.07) is 1.66. The van der Waals surface area contributed by atoms with Crippen LogP contribution in [0.3, 0.4) is 0 Å². The molecule has 7 heteroatoms. The molecule has 92 valence electrons. The van der Waals surface area contributed by atoms with Crippen LogP contribution in [0.2, 0.25) is 5.15 Å². The fourth-order valence-corrected chi connectivity index (χ4v) is 1.69. The van der Waals surface area contributed by atoms with Crippen LogP contribution < -0.4 is 5.32 Å². The first-order valence-corrected chi connectivity index (χ1v) is 6.14. The van der Waals surface area contributed by atoms with Gasteiger partial charge < -0.3 is 5.32 Å². The van der Waals surface area contributed by atoms with E-state index in [9.17, 15) is 4.79 Å². The highest BCUT2D eigenvalue weighted by Crippen LogP contribution is 2.23. The van der Waals surface area contributed by atoms with Crippen LogP contribution in [0.4, 0.5) is 5.69 Å². The lowest BCUT2D eigenvalue weighted by Crippen LogP contribution is -2.14. The zero-order chi connectivity index (χ0) is 13.1. The zero-order valence-corrected chi connectivity index (χ0v) is 11.7. The minimum absolute atomic E-state index is 0.214. The molecule has 0 aliphatic carbocycles. The molecule has 2 aromatic rings. The minimum Gasteiger partial charge on any atom is -0.318 e. The minimum atomic E-state index is -0.385. The molecule has 0 unspecified atom stereocenters. The van der Waals surface area contributed by atoms with Crippen molar-refractivity contribution >= 4 is 39.1 Å². The third kappa shape index (κ3) is 3.02. The van der Waals surface area contributed by atoms with Crippen molar-refractivity contribution in [3.05, 3.63) is 45.7 Å². The Balaban J connectivity index is 2.21. The number of anilines is 1. The van der Waals surface area contributed by atoms with Gasteiger partial charge in [0.2, 0.25) is 0 Å². The monoisotopic (exact) mass is 326 g/mol. The summed E-state index contributed by atoms with van der Waals surface area (Å²) in [4.78, 5) is 23.8. The first kappa shape index (κ1) is 12.9. The van der Waals surface area contributed by atoms with Gasteiger partial charge >= 0.3 is 0 Å². The molecule has 0 bridgehead atoms. The van der Waals surface area contributed by atoms with Gasteiger partial charge in [-0.3, -0.25) is 9.78 Å². The SMILES string of the molecule is Cc1cnc(C(=O)Nc2cc(Br)cnc2Cl)cn1. The number of aryl methyl sites for hydroxylation is 1. The lowest BCUT2D eigenvalue weighted by atomic mass is 10.3. The van der Waals surface area contributed by atoms with Crippen LogP contribution in [0.25, 0.3) is 0 Å². The van der Waals surface area contributed by atoms with Gasteiger partial charge in [0.15, 0.2) is 5.15 Å². The van der Waals surface area contributed by atoms with Gasteiger partial charge in [0, 0.05) is 16.9 Å². The average molecular weight is 328 g/mol. The van der Waals surface area contributed by atoms with Crippen molar-refractivity contribution in [1.82, 2.24) is 15.0 Å². The van der Waals surface area contributed by atoms with Gasteiger partial charge in [-0.1, -0.05) is 11.6 Å². The van der Waals surface area contributed by atoms with E-state index in [1.54, 1.807) is 19.2 Å². The van der Waals surface area contributed by atoms with Crippen molar-refractivity contribution in [2.24, 2.45) is 0 Å². The molecule has 18 heavy (non-hydrogen) atoms. The van der Waals surface area contributed by atoms with E-state index in [0.717, 1.165) is 10.2 Å². The molecule has 0 spiro atoms. The highest BCUT2D eigenvalue weighted by molar-refractivity contribution is 9.10. The smallest absolute Gasteiger partial charge is 0.275 e. The molecule has 1 amide bonds. The molecule has 1 N–H and O–H groups in total. The van der Waals surface area contributed by atoms with E-state index in [0.29, 0.717) is 5.69 Å². The summed E-state index contributed by atoms with van der Waals surface area (Å²) in [5.74, 6) is -0.385. The maximum absolute atomic E-state index is 11.9. The Bertz CT molecular complexity index is 588. The Hall–Kier alpha value is -1.53. The van der Waals surface area contributed by atoms with Gasteiger partial charge in [-0.15, -0.1) is 0 Å². The van der Waals surface area contributed by atoms with Gasteiger partial charge in [0.05, 0.1) is 17.6 Å². The second-order valence-electron chi connectivity index (χ2n) is 3.49. The molecular formula is C11H8BrClN4O. The van der Waals surface area contributed by atoms with E-state index in [1.807, 2.05) is 0 Å². The summed E-state index contributed by atoms with van der Waals surface area (Å²) in [5.41, 5.74) is 1.38. The van der Waals surface area contributed by atoms with Crippen LogP contribution in [0.1, 0.15) is 16.2 Å². The quantitative estimate of drug-likeness (QED) is 0.861. The Morgan fingerprint density at radius 1 is 1.28 bits per heavy atom. The van der Waals surface area contributed by atoms with Crippen LogP contribution in [0, 0.1) is 6.92 Å². The Kier molecular flexibility index (Phi) is 3.88. The summed E-state index contributed by atoms with van der Waals surface area (Å²) in [7, 11) is 0. The number of amides is 1. The summed E-state index contributed by atoms with van der Waals surface area (Å²) in [6.07, 6.45) is 4.48. The predicted molar refractivity (Wildman–Crippen MR) is 71.7 cm³/mol. The second-order valence-corrected chi connectivity index (χ2v) is 4.76. The first-order chi connectivity index (χ1) is 8.56. The number of carbonyl (C=O) groups is 1. The number of halogens is 2. The summed E-state index contributed by atoms with van der Waals surface area (Å²) < 4.78 is 0.720. The molecule has 0 saturated carbocycles. The maximum atomic E-state index is 11.9. The second kappa shape index (κ2) is 5.41. The van der Waals surface area contributed by atoms with Crippen molar-refractivity contribution in [2.45, 2.75) is 6.92 Å². The van der Waals surface area contributed by atoms with Gasteiger partial charge in [-0.05, 0) is 28.9 Å². The molecule has 2 aromatic heterocycles. The third-order valence-corrected chi connectivity index (χ3v) is 2.80. The van der Waals surface area contributed by atoms with Crippen molar-refractivity contribution in [2.75, 3.05) is 5.32 Å². The average Bonchev–Trinajstić information content (AvgIpc) is 2.34. The molecule has 0 atom stereocenters. The molecule has 5 nitrogen and oxygen atoms in total. The van der Waals surface area contributed by atoms with Crippen molar-refractivity contribution < 1.29 is 4.79 Å². The lowest BCUT2D eigenvalue weighted by Gasteiger charge is -2.06. The van der Waals surface area contributed by atoms with E-state index in [2.05, 4.69) is 36.2 Å². The number of pyridine rings is 1. The fraction of sp³-hybridized carbons (Fsp3) is 0.0909. The summed E-state index contributed by atoms with van der Waals surface area (Å²) in [5, 5.41) is 2.84. The summed E-state index contributed by atoms with van der Waals surface area (Å²) in [6.45, 7) is 1.80. The highest BCUT2D eigenvalue weighted by atomic mass is 79.9. The fourth-order valence-electron chi connectivity index (χ4n) is 1.21. The lowest BCUT2D eigenvalue weighted by molar-refractivity contribution is 0.102. The van der Waals surface area contributed by atoms with Crippen LogP contribution >= 0.6 is 27.5 Å². The van der Waals surface area contributed by atoms with Crippen LogP contribution in [0.5, 0.6) is 0 Å². The van der Waals surface area contributed by atoms with Crippen LogP contribution in [-0.2, 0) is 0 Å². The number of nitrogens with one attached hydrogen (secondary N) is 1. The van der Waals surface area contributed by atoms with E-state index in [-0.39, 0.29) is 16.8 Å². The van der Waals surface area contributed by atoms with E-state index >= 15 is 0 Å². The van der Waals surface area contributed by atoms with E-state index in [1.165, 1.54) is 12.4 Å². The normalized spacial score (nSPS) is 10.2. The Morgan fingerprint density at radius 2 is 2.06 bits per heavy atom. The van der Waals surface area contributed by atoms with E-state index in [4.69, 9.17) is 11.6 Å². The van der Waals surface area contributed by atoms with Gasteiger partial charge in [-0.2, -0.15) is 0 Å².